The van der Waals surface area contributed by atoms with Gasteiger partial charge in [0.25, 0.3) is 5.91 Å². The van der Waals surface area contributed by atoms with Crippen molar-refractivity contribution in [1.29, 1.82) is 5.26 Å². The molecule has 0 aliphatic rings. The van der Waals surface area contributed by atoms with Crippen LogP contribution in [0.1, 0.15) is 22.3 Å². The lowest BCUT2D eigenvalue weighted by Gasteiger charge is -2.11. The van der Waals surface area contributed by atoms with Crippen LogP contribution in [0.5, 0.6) is 5.75 Å². The van der Waals surface area contributed by atoms with Crippen molar-refractivity contribution >= 4 is 29.3 Å². The minimum atomic E-state index is -0.466. The molecule has 0 bridgehead atoms. The molecular formula is C25H21ClN2O2. The van der Waals surface area contributed by atoms with E-state index in [1.54, 1.807) is 18.2 Å². The van der Waals surface area contributed by atoms with E-state index in [2.05, 4.69) is 5.32 Å². The number of hydrogen-bond acceptors (Lipinski definition) is 3. The van der Waals surface area contributed by atoms with Crippen LogP contribution < -0.4 is 10.1 Å². The maximum absolute atomic E-state index is 12.7. The van der Waals surface area contributed by atoms with Gasteiger partial charge in [0.15, 0.2) is 0 Å². The molecule has 0 spiro atoms. The van der Waals surface area contributed by atoms with Crippen LogP contribution in [0.3, 0.4) is 0 Å². The number of nitriles is 1. The van der Waals surface area contributed by atoms with Gasteiger partial charge in [-0.3, -0.25) is 4.79 Å². The number of rotatable bonds is 6. The summed E-state index contributed by atoms with van der Waals surface area (Å²) < 4.78 is 5.91. The van der Waals surface area contributed by atoms with Crippen LogP contribution in [0, 0.1) is 25.2 Å². The number of benzene rings is 3. The lowest BCUT2D eigenvalue weighted by Crippen LogP contribution is -2.14. The Morgan fingerprint density at radius 1 is 1.10 bits per heavy atom. The summed E-state index contributed by atoms with van der Waals surface area (Å²) in [5.41, 5.74) is 4.11. The van der Waals surface area contributed by atoms with Gasteiger partial charge in [0.2, 0.25) is 0 Å². The molecule has 150 valence electrons. The topological polar surface area (TPSA) is 62.1 Å². The van der Waals surface area contributed by atoms with E-state index >= 15 is 0 Å². The Morgan fingerprint density at radius 2 is 1.83 bits per heavy atom. The molecule has 0 aromatic heterocycles. The molecule has 4 nitrogen and oxygen atoms in total. The Kier molecular flexibility index (Phi) is 6.90. The third-order valence-electron chi connectivity index (χ3n) is 4.57. The molecule has 0 saturated carbocycles. The van der Waals surface area contributed by atoms with Crippen LogP contribution in [0.25, 0.3) is 6.08 Å². The number of ether oxygens (including phenoxy) is 1. The van der Waals surface area contributed by atoms with Crippen molar-refractivity contribution in [1.82, 2.24) is 0 Å². The number of halogens is 1. The van der Waals surface area contributed by atoms with Gasteiger partial charge < -0.3 is 10.1 Å². The van der Waals surface area contributed by atoms with Gasteiger partial charge in [0.1, 0.15) is 24.0 Å². The minimum absolute atomic E-state index is 0.00954. The summed E-state index contributed by atoms with van der Waals surface area (Å²) in [7, 11) is 0. The molecule has 3 aromatic carbocycles. The Bertz CT molecular complexity index is 1150. The van der Waals surface area contributed by atoms with Crippen molar-refractivity contribution in [3.63, 3.8) is 0 Å². The molecule has 0 aliphatic heterocycles. The Labute approximate surface area is 181 Å². The third kappa shape index (κ3) is 5.28. The summed E-state index contributed by atoms with van der Waals surface area (Å²) in [5, 5.41) is 13.0. The normalized spacial score (nSPS) is 10.9. The average molecular weight is 417 g/mol. The molecule has 0 fully saturated rings. The van der Waals surface area contributed by atoms with E-state index in [4.69, 9.17) is 16.3 Å². The van der Waals surface area contributed by atoms with Crippen molar-refractivity contribution in [3.05, 3.63) is 99.6 Å². The van der Waals surface area contributed by atoms with Crippen molar-refractivity contribution in [2.24, 2.45) is 0 Å². The average Bonchev–Trinajstić information content (AvgIpc) is 2.74. The van der Waals surface area contributed by atoms with Gasteiger partial charge in [0, 0.05) is 21.8 Å². The second-order valence-electron chi connectivity index (χ2n) is 6.86. The van der Waals surface area contributed by atoms with Gasteiger partial charge in [0.05, 0.1) is 0 Å². The number of para-hydroxylation sites is 1. The maximum Gasteiger partial charge on any atom is 0.266 e. The van der Waals surface area contributed by atoms with Gasteiger partial charge in [-0.1, -0.05) is 60.1 Å². The molecule has 0 aliphatic carbocycles. The van der Waals surface area contributed by atoms with Crippen molar-refractivity contribution in [2.45, 2.75) is 20.5 Å². The first-order valence-corrected chi connectivity index (χ1v) is 9.81. The number of hydrogen-bond donors (Lipinski definition) is 1. The fourth-order valence-electron chi connectivity index (χ4n) is 2.87. The summed E-state index contributed by atoms with van der Waals surface area (Å²) in [5.74, 6) is 0.0943. The summed E-state index contributed by atoms with van der Waals surface area (Å²) >= 11 is 6.19. The lowest BCUT2D eigenvalue weighted by molar-refractivity contribution is -0.112. The molecule has 5 heteroatoms. The van der Waals surface area contributed by atoms with Crippen LogP contribution in [0.4, 0.5) is 5.69 Å². The maximum atomic E-state index is 12.7. The SMILES string of the molecule is Cc1ccc(C)c(NC(=O)/C(C#N)=C/c2ccccc2OCc2ccccc2Cl)c1. The summed E-state index contributed by atoms with van der Waals surface area (Å²) in [6.07, 6.45) is 1.53. The Hall–Kier alpha value is -3.55. The number of nitrogens with one attached hydrogen (secondary N) is 1. The van der Waals surface area contributed by atoms with Crippen LogP contribution in [-0.2, 0) is 11.4 Å². The highest BCUT2D eigenvalue weighted by Gasteiger charge is 2.13. The fraction of sp³-hybridized carbons (Fsp3) is 0.120. The van der Waals surface area contributed by atoms with Crippen LogP contribution in [-0.4, -0.2) is 5.91 Å². The van der Waals surface area contributed by atoms with E-state index in [1.165, 1.54) is 6.08 Å². The zero-order chi connectivity index (χ0) is 21.5. The fourth-order valence-corrected chi connectivity index (χ4v) is 3.06. The van der Waals surface area contributed by atoms with E-state index in [1.807, 2.05) is 68.4 Å². The molecule has 3 rings (SSSR count). The van der Waals surface area contributed by atoms with E-state index in [-0.39, 0.29) is 12.2 Å². The molecule has 0 saturated heterocycles. The van der Waals surface area contributed by atoms with Gasteiger partial charge in [-0.2, -0.15) is 5.26 Å². The summed E-state index contributed by atoms with van der Waals surface area (Å²) in [4.78, 5) is 12.7. The molecule has 0 radical (unpaired) electrons. The first-order chi connectivity index (χ1) is 14.5. The summed E-state index contributed by atoms with van der Waals surface area (Å²) in [6, 6.07) is 22.5. The molecule has 3 aromatic rings. The highest BCUT2D eigenvalue weighted by Crippen LogP contribution is 2.24. The van der Waals surface area contributed by atoms with E-state index in [9.17, 15) is 10.1 Å². The van der Waals surface area contributed by atoms with Crippen LogP contribution in [0.2, 0.25) is 5.02 Å². The van der Waals surface area contributed by atoms with E-state index < -0.39 is 5.91 Å². The summed E-state index contributed by atoms with van der Waals surface area (Å²) in [6.45, 7) is 4.13. The van der Waals surface area contributed by atoms with Crippen LogP contribution >= 0.6 is 11.6 Å². The van der Waals surface area contributed by atoms with Crippen molar-refractivity contribution < 1.29 is 9.53 Å². The number of aryl methyl sites for hydroxylation is 2. The predicted octanol–water partition coefficient (Wildman–Crippen LogP) is 6.08. The first-order valence-electron chi connectivity index (χ1n) is 9.43. The van der Waals surface area contributed by atoms with Crippen LogP contribution in [0.15, 0.2) is 72.3 Å². The number of amides is 1. The minimum Gasteiger partial charge on any atom is -0.488 e. The predicted molar refractivity (Wildman–Crippen MR) is 120 cm³/mol. The second-order valence-corrected chi connectivity index (χ2v) is 7.27. The largest absolute Gasteiger partial charge is 0.488 e. The molecule has 0 atom stereocenters. The molecule has 0 unspecified atom stereocenters. The van der Waals surface area contributed by atoms with E-state index in [0.717, 1.165) is 16.7 Å². The third-order valence-corrected chi connectivity index (χ3v) is 4.93. The zero-order valence-corrected chi connectivity index (χ0v) is 17.5. The highest BCUT2D eigenvalue weighted by atomic mass is 35.5. The standard InChI is InChI=1S/C25H21ClN2O2/c1-17-11-12-18(2)23(13-17)28-25(29)21(15-27)14-19-7-4-6-10-24(19)30-16-20-8-3-5-9-22(20)26/h3-14H,16H2,1-2H3,(H,28,29)/b21-14+. The second kappa shape index (κ2) is 9.78. The lowest BCUT2D eigenvalue weighted by atomic mass is 10.1. The molecule has 1 N–H and O–H groups in total. The monoisotopic (exact) mass is 416 g/mol. The number of carbonyl (C=O) groups is 1. The first kappa shape index (κ1) is 21.2. The highest BCUT2D eigenvalue weighted by molar-refractivity contribution is 6.31. The Balaban J connectivity index is 1.82. The van der Waals surface area contributed by atoms with Crippen molar-refractivity contribution in [2.75, 3.05) is 5.32 Å². The molecule has 1 amide bonds. The molecule has 30 heavy (non-hydrogen) atoms. The molecular weight excluding hydrogens is 396 g/mol. The van der Waals surface area contributed by atoms with Gasteiger partial charge in [-0.25, -0.2) is 0 Å². The number of nitrogens with zero attached hydrogens (tertiary/aromatic N) is 1. The van der Waals surface area contributed by atoms with E-state index in [0.29, 0.717) is 22.0 Å². The Morgan fingerprint density at radius 3 is 2.60 bits per heavy atom. The van der Waals surface area contributed by atoms with Gasteiger partial charge in [-0.05, 0) is 49.2 Å². The van der Waals surface area contributed by atoms with Gasteiger partial charge >= 0.3 is 0 Å². The molecule has 0 heterocycles. The van der Waals surface area contributed by atoms with Gasteiger partial charge in [-0.15, -0.1) is 0 Å². The number of carbonyl (C=O) groups excluding carboxylic acids is 1. The number of anilines is 1. The quantitative estimate of drug-likeness (QED) is 0.391. The zero-order valence-electron chi connectivity index (χ0n) is 16.8. The van der Waals surface area contributed by atoms with Crippen molar-refractivity contribution in [3.8, 4) is 11.8 Å². The smallest absolute Gasteiger partial charge is 0.266 e.